The maximum Gasteiger partial charge on any atom is 0.00977 e. The lowest BCUT2D eigenvalue weighted by Crippen LogP contribution is -2.39. The summed E-state index contributed by atoms with van der Waals surface area (Å²) in [7, 11) is 2.16. The highest BCUT2D eigenvalue weighted by Crippen LogP contribution is 2.46. The van der Waals surface area contributed by atoms with Crippen LogP contribution in [0.1, 0.15) is 43.7 Å². The van der Waals surface area contributed by atoms with Gasteiger partial charge in [-0.2, -0.15) is 0 Å². The second-order valence-electron chi connectivity index (χ2n) is 6.54. The minimum Gasteiger partial charge on any atom is -0.317 e. The summed E-state index contributed by atoms with van der Waals surface area (Å²) in [4.78, 5) is 0. The average molecular weight is 257 g/mol. The molecule has 3 rings (SSSR count). The van der Waals surface area contributed by atoms with Gasteiger partial charge in [0.2, 0.25) is 0 Å². The van der Waals surface area contributed by atoms with E-state index in [0.717, 1.165) is 23.8 Å². The fourth-order valence-corrected chi connectivity index (χ4v) is 4.69. The van der Waals surface area contributed by atoms with Crippen LogP contribution in [0.25, 0.3) is 0 Å². The molecule has 0 spiro atoms. The molecule has 2 bridgehead atoms. The fourth-order valence-electron chi connectivity index (χ4n) is 4.69. The van der Waals surface area contributed by atoms with E-state index in [-0.39, 0.29) is 0 Å². The minimum atomic E-state index is 0.733. The van der Waals surface area contributed by atoms with Gasteiger partial charge in [-0.15, -0.1) is 0 Å². The Labute approximate surface area is 117 Å². The molecule has 104 valence electrons. The van der Waals surface area contributed by atoms with Crippen molar-refractivity contribution in [2.45, 2.75) is 51.5 Å². The molecule has 0 aromatic heterocycles. The maximum absolute atomic E-state index is 3.63. The molecular weight excluding hydrogens is 230 g/mol. The minimum absolute atomic E-state index is 0.733. The number of hydrogen-bond acceptors (Lipinski definition) is 1. The maximum atomic E-state index is 3.63. The van der Waals surface area contributed by atoms with Crippen molar-refractivity contribution in [2.75, 3.05) is 7.05 Å². The number of hydrogen-bond donors (Lipinski definition) is 1. The molecule has 0 saturated heterocycles. The Hall–Kier alpha value is -0.820. The van der Waals surface area contributed by atoms with Gasteiger partial charge in [-0.05, 0) is 68.0 Å². The highest BCUT2D eigenvalue weighted by Gasteiger charge is 2.42. The summed E-state index contributed by atoms with van der Waals surface area (Å²) in [5.74, 6) is 2.73. The van der Waals surface area contributed by atoms with E-state index in [1.807, 2.05) is 0 Å². The molecule has 3 unspecified atom stereocenters. The predicted molar refractivity (Wildman–Crippen MR) is 81.3 cm³/mol. The Bertz CT molecular complexity index is 392. The highest BCUT2D eigenvalue weighted by atomic mass is 14.9. The first-order chi connectivity index (χ1) is 9.33. The quantitative estimate of drug-likeness (QED) is 0.864. The first-order valence-electron chi connectivity index (χ1n) is 8.07. The molecule has 1 aromatic rings. The van der Waals surface area contributed by atoms with Crippen LogP contribution in [0.5, 0.6) is 0 Å². The normalized spacial score (nSPS) is 30.7. The third kappa shape index (κ3) is 2.45. The Morgan fingerprint density at radius 3 is 2.16 bits per heavy atom. The van der Waals surface area contributed by atoms with Crippen molar-refractivity contribution in [3.8, 4) is 0 Å². The van der Waals surface area contributed by atoms with Crippen LogP contribution in [0.2, 0.25) is 0 Å². The Balaban J connectivity index is 1.86. The van der Waals surface area contributed by atoms with Crippen LogP contribution in [0.4, 0.5) is 0 Å². The molecule has 19 heavy (non-hydrogen) atoms. The van der Waals surface area contributed by atoms with Crippen molar-refractivity contribution in [2.24, 2.45) is 17.8 Å². The zero-order valence-electron chi connectivity index (χ0n) is 12.4. The third-order valence-corrected chi connectivity index (χ3v) is 5.51. The summed E-state index contributed by atoms with van der Waals surface area (Å²) in [6.07, 6.45) is 8.18. The van der Waals surface area contributed by atoms with Crippen molar-refractivity contribution in [3.05, 3.63) is 35.4 Å². The van der Waals surface area contributed by atoms with Gasteiger partial charge in [0, 0.05) is 6.04 Å². The van der Waals surface area contributed by atoms with E-state index in [9.17, 15) is 0 Å². The molecule has 0 heterocycles. The van der Waals surface area contributed by atoms with E-state index in [2.05, 4.69) is 43.6 Å². The van der Waals surface area contributed by atoms with Crippen molar-refractivity contribution in [1.82, 2.24) is 5.32 Å². The topological polar surface area (TPSA) is 12.0 Å². The van der Waals surface area contributed by atoms with Gasteiger partial charge in [0.1, 0.15) is 0 Å². The van der Waals surface area contributed by atoms with Gasteiger partial charge in [0.25, 0.3) is 0 Å². The van der Waals surface area contributed by atoms with Gasteiger partial charge < -0.3 is 5.32 Å². The van der Waals surface area contributed by atoms with Crippen LogP contribution in [0, 0.1) is 17.8 Å². The molecule has 3 atom stereocenters. The predicted octanol–water partition coefficient (Wildman–Crippen LogP) is 3.82. The van der Waals surface area contributed by atoms with Crippen LogP contribution >= 0.6 is 0 Å². The zero-order chi connectivity index (χ0) is 13.2. The molecule has 1 nitrogen and oxygen atoms in total. The summed E-state index contributed by atoms with van der Waals surface area (Å²) >= 11 is 0. The number of rotatable bonds is 4. The lowest BCUT2D eigenvalue weighted by molar-refractivity contribution is 0.228. The molecule has 0 aliphatic heterocycles. The highest BCUT2D eigenvalue weighted by molar-refractivity contribution is 5.30. The van der Waals surface area contributed by atoms with Crippen LogP contribution in [0.3, 0.4) is 0 Å². The molecule has 1 saturated carbocycles. The number of nitrogens with one attached hydrogen (secondary N) is 1. The van der Waals surface area contributed by atoms with Crippen molar-refractivity contribution < 1.29 is 0 Å². The van der Waals surface area contributed by atoms with Gasteiger partial charge >= 0.3 is 0 Å². The number of fused-ring (bicyclic) bond motifs is 3. The lowest BCUT2D eigenvalue weighted by atomic mass is 9.80. The molecular formula is C18H27N. The van der Waals surface area contributed by atoms with Gasteiger partial charge in [-0.1, -0.05) is 37.6 Å². The van der Waals surface area contributed by atoms with Crippen LogP contribution in [-0.2, 0) is 12.8 Å². The molecule has 1 N–H and O–H groups in total. The summed E-state index contributed by atoms with van der Waals surface area (Å²) < 4.78 is 0. The van der Waals surface area contributed by atoms with Crippen molar-refractivity contribution in [1.29, 1.82) is 0 Å². The standard InChI is InChI=1S/C18H27N/c1-3-6-17(19-2)18-15-9-10-16(18)12-14-8-5-4-7-13(14)11-15/h4-5,7-8,15-19H,3,6,9-12H2,1-2H3. The van der Waals surface area contributed by atoms with E-state index in [4.69, 9.17) is 0 Å². The second kappa shape index (κ2) is 5.66. The largest absolute Gasteiger partial charge is 0.317 e. The SMILES string of the molecule is CCCC(NC)C1C2CCC1Cc1ccccc1C2. The molecule has 0 amide bonds. The summed E-state index contributed by atoms with van der Waals surface area (Å²) in [5.41, 5.74) is 3.26. The number of benzene rings is 1. The smallest absolute Gasteiger partial charge is 0.00977 e. The monoisotopic (exact) mass is 257 g/mol. The van der Waals surface area contributed by atoms with Gasteiger partial charge in [0.15, 0.2) is 0 Å². The molecule has 1 aromatic carbocycles. The zero-order valence-corrected chi connectivity index (χ0v) is 12.4. The van der Waals surface area contributed by atoms with E-state index in [0.29, 0.717) is 0 Å². The third-order valence-electron chi connectivity index (χ3n) is 5.51. The van der Waals surface area contributed by atoms with E-state index in [1.54, 1.807) is 11.1 Å². The Morgan fingerprint density at radius 1 is 1.11 bits per heavy atom. The summed E-state index contributed by atoms with van der Waals surface area (Å²) in [5, 5.41) is 3.63. The Kier molecular flexibility index (Phi) is 3.93. The van der Waals surface area contributed by atoms with Crippen LogP contribution in [0.15, 0.2) is 24.3 Å². The first kappa shape index (κ1) is 13.2. The van der Waals surface area contributed by atoms with Crippen molar-refractivity contribution in [3.63, 3.8) is 0 Å². The second-order valence-corrected chi connectivity index (χ2v) is 6.54. The molecule has 2 aliphatic carbocycles. The van der Waals surface area contributed by atoms with Gasteiger partial charge in [-0.25, -0.2) is 0 Å². The molecule has 0 radical (unpaired) electrons. The van der Waals surface area contributed by atoms with Crippen LogP contribution < -0.4 is 5.32 Å². The van der Waals surface area contributed by atoms with Crippen LogP contribution in [-0.4, -0.2) is 13.1 Å². The molecule has 1 fully saturated rings. The van der Waals surface area contributed by atoms with Gasteiger partial charge in [0.05, 0.1) is 0 Å². The summed E-state index contributed by atoms with van der Waals surface area (Å²) in [6, 6.07) is 9.89. The summed E-state index contributed by atoms with van der Waals surface area (Å²) in [6.45, 7) is 2.32. The Morgan fingerprint density at radius 2 is 1.68 bits per heavy atom. The van der Waals surface area contributed by atoms with E-state index >= 15 is 0 Å². The van der Waals surface area contributed by atoms with E-state index in [1.165, 1.54) is 38.5 Å². The molecule has 2 aliphatic rings. The average Bonchev–Trinajstić information content (AvgIpc) is 2.71. The van der Waals surface area contributed by atoms with Crippen molar-refractivity contribution >= 4 is 0 Å². The fraction of sp³-hybridized carbons (Fsp3) is 0.667. The van der Waals surface area contributed by atoms with Gasteiger partial charge in [-0.3, -0.25) is 0 Å². The first-order valence-corrected chi connectivity index (χ1v) is 8.07. The molecule has 1 heteroatoms. The lowest BCUT2D eigenvalue weighted by Gasteiger charge is -2.31. The van der Waals surface area contributed by atoms with E-state index < -0.39 is 0 Å².